The average Bonchev–Trinajstić information content (AvgIpc) is 2.53. The maximum Gasteiger partial charge on any atom is 0.269 e. The molecule has 23 heavy (non-hydrogen) atoms. The van der Waals surface area contributed by atoms with E-state index in [-0.39, 0.29) is 16.7 Å². The SMILES string of the molecule is O=C(NC(=S)NNc1ccc([N+](=O)[O-])cc1)c1ccccc1I. The van der Waals surface area contributed by atoms with Gasteiger partial charge in [0.1, 0.15) is 0 Å². The van der Waals surface area contributed by atoms with E-state index in [1.165, 1.54) is 24.3 Å². The Bertz CT molecular complexity index is 752. The molecular formula is C14H11IN4O3S. The molecule has 7 nitrogen and oxygen atoms in total. The lowest BCUT2D eigenvalue weighted by atomic mass is 10.2. The van der Waals surface area contributed by atoms with Crippen LogP contribution in [0.1, 0.15) is 10.4 Å². The molecule has 2 aromatic rings. The minimum atomic E-state index is -0.483. The standard InChI is InChI=1S/C14H11IN4O3S/c15-12-4-2-1-3-11(12)13(20)16-14(23)18-17-9-5-7-10(8-6-9)19(21)22/h1-8,17H,(H2,16,18,20,23). The van der Waals surface area contributed by atoms with Crippen LogP contribution in [0.3, 0.4) is 0 Å². The average molecular weight is 442 g/mol. The molecule has 0 saturated carbocycles. The molecule has 0 aromatic heterocycles. The van der Waals surface area contributed by atoms with Crippen LogP contribution in [0.15, 0.2) is 48.5 Å². The van der Waals surface area contributed by atoms with Gasteiger partial charge < -0.3 is 0 Å². The van der Waals surface area contributed by atoms with Gasteiger partial charge in [-0.1, -0.05) is 12.1 Å². The molecule has 0 bridgehead atoms. The molecule has 0 unspecified atom stereocenters. The lowest BCUT2D eigenvalue weighted by Crippen LogP contribution is -2.42. The summed E-state index contributed by atoms with van der Waals surface area (Å²) in [5, 5.41) is 13.2. The molecule has 0 aliphatic carbocycles. The maximum atomic E-state index is 12.1. The number of amides is 1. The van der Waals surface area contributed by atoms with Crippen molar-refractivity contribution in [1.29, 1.82) is 0 Å². The Morgan fingerprint density at radius 3 is 2.39 bits per heavy atom. The highest BCUT2D eigenvalue weighted by atomic mass is 127. The summed E-state index contributed by atoms with van der Waals surface area (Å²) in [6, 6.07) is 12.9. The molecule has 0 heterocycles. The Morgan fingerprint density at radius 1 is 1.13 bits per heavy atom. The molecule has 0 aliphatic rings. The van der Waals surface area contributed by atoms with Crippen molar-refractivity contribution in [1.82, 2.24) is 10.7 Å². The summed E-state index contributed by atoms with van der Waals surface area (Å²) in [4.78, 5) is 22.1. The number of thiocarbonyl (C=S) groups is 1. The maximum absolute atomic E-state index is 12.1. The molecule has 0 saturated heterocycles. The van der Waals surface area contributed by atoms with Gasteiger partial charge in [-0.05, 0) is 59.1 Å². The third kappa shape index (κ3) is 4.86. The second-order valence-electron chi connectivity index (χ2n) is 4.32. The summed E-state index contributed by atoms with van der Waals surface area (Å²) in [5.74, 6) is -0.321. The highest BCUT2D eigenvalue weighted by molar-refractivity contribution is 14.1. The molecule has 0 aliphatic heterocycles. The zero-order valence-corrected chi connectivity index (χ0v) is 14.6. The molecule has 0 fully saturated rings. The molecule has 9 heteroatoms. The van der Waals surface area contributed by atoms with Gasteiger partial charge >= 0.3 is 0 Å². The highest BCUT2D eigenvalue weighted by Crippen LogP contribution is 2.14. The summed E-state index contributed by atoms with van der Waals surface area (Å²) in [6.07, 6.45) is 0. The van der Waals surface area contributed by atoms with Crippen molar-refractivity contribution < 1.29 is 9.72 Å². The quantitative estimate of drug-likeness (QED) is 0.292. The number of hydrogen-bond acceptors (Lipinski definition) is 5. The topological polar surface area (TPSA) is 96.3 Å². The van der Waals surface area contributed by atoms with Gasteiger partial charge in [0.2, 0.25) is 0 Å². The van der Waals surface area contributed by atoms with Crippen LogP contribution in [0.2, 0.25) is 0 Å². The molecule has 2 rings (SSSR count). The van der Waals surface area contributed by atoms with E-state index in [0.717, 1.165) is 3.57 Å². The summed E-state index contributed by atoms with van der Waals surface area (Å²) in [5.41, 5.74) is 6.48. The largest absolute Gasteiger partial charge is 0.299 e. The lowest BCUT2D eigenvalue weighted by molar-refractivity contribution is -0.384. The van der Waals surface area contributed by atoms with E-state index in [4.69, 9.17) is 12.2 Å². The number of carbonyl (C=O) groups is 1. The second-order valence-corrected chi connectivity index (χ2v) is 5.89. The minimum absolute atomic E-state index is 0.00918. The molecule has 0 spiro atoms. The fourth-order valence-electron chi connectivity index (χ4n) is 1.64. The number of rotatable bonds is 4. The highest BCUT2D eigenvalue weighted by Gasteiger charge is 2.10. The van der Waals surface area contributed by atoms with Gasteiger partial charge in [0.15, 0.2) is 5.11 Å². The Kier molecular flexibility index (Phi) is 5.82. The van der Waals surface area contributed by atoms with Gasteiger partial charge in [-0.3, -0.25) is 31.1 Å². The Hall–Kier alpha value is -2.27. The first kappa shape index (κ1) is 17.1. The van der Waals surface area contributed by atoms with Gasteiger partial charge in [0.05, 0.1) is 16.2 Å². The van der Waals surface area contributed by atoms with E-state index >= 15 is 0 Å². The van der Waals surface area contributed by atoms with Crippen LogP contribution in [0, 0.1) is 13.7 Å². The van der Waals surface area contributed by atoms with Crippen molar-refractivity contribution in [2.45, 2.75) is 0 Å². The molecule has 0 radical (unpaired) electrons. The van der Waals surface area contributed by atoms with Gasteiger partial charge in [-0.2, -0.15) is 0 Å². The normalized spacial score (nSPS) is 9.78. The number of nitro benzene ring substituents is 1. The second kappa shape index (κ2) is 7.83. The summed E-state index contributed by atoms with van der Waals surface area (Å²) in [7, 11) is 0. The smallest absolute Gasteiger partial charge is 0.269 e. The van der Waals surface area contributed by atoms with E-state index in [9.17, 15) is 14.9 Å². The van der Waals surface area contributed by atoms with Gasteiger partial charge in [0.25, 0.3) is 11.6 Å². The predicted octanol–water partition coefficient (Wildman–Crippen LogP) is 2.83. The number of nitrogens with one attached hydrogen (secondary N) is 3. The van der Waals surface area contributed by atoms with Crippen molar-refractivity contribution in [2.75, 3.05) is 5.43 Å². The molecule has 118 valence electrons. The summed E-state index contributed by atoms with van der Waals surface area (Å²) < 4.78 is 0.814. The molecule has 3 N–H and O–H groups in total. The fourth-order valence-corrected chi connectivity index (χ4v) is 2.42. The van der Waals surface area contributed by atoms with E-state index in [2.05, 4.69) is 38.8 Å². The van der Waals surface area contributed by atoms with Crippen LogP contribution in [-0.4, -0.2) is 15.9 Å². The first-order valence-electron chi connectivity index (χ1n) is 6.33. The van der Waals surface area contributed by atoms with Crippen LogP contribution < -0.4 is 16.2 Å². The first-order valence-corrected chi connectivity index (χ1v) is 7.82. The fraction of sp³-hybridized carbons (Fsp3) is 0. The van der Waals surface area contributed by atoms with E-state index in [0.29, 0.717) is 11.3 Å². The van der Waals surface area contributed by atoms with Crippen molar-refractivity contribution >= 4 is 57.2 Å². The minimum Gasteiger partial charge on any atom is -0.299 e. The molecule has 0 atom stereocenters. The zero-order valence-electron chi connectivity index (χ0n) is 11.6. The monoisotopic (exact) mass is 442 g/mol. The number of nitro groups is 1. The van der Waals surface area contributed by atoms with Crippen LogP contribution in [0.5, 0.6) is 0 Å². The number of nitrogens with zero attached hydrogens (tertiary/aromatic N) is 1. The summed E-state index contributed by atoms with van der Waals surface area (Å²) in [6.45, 7) is 0. The van der Waals surface area contributed by atoms with Gasteiger partial charge in [0, 0.05) is 15.7 Å². The number of anilines is 1. The Morgan fingerprint density at radius 2 is 1.78 bits per heavy atom. The van der Waals surface area contributed by atoms with Crippen LogP contribution in [0.4, 0.5) is 11.4 Å². The van der Waals surface area contributed by atoms with Crippen molar-refractivity contribution in [3.63, 3.8) is 0 Å². The number of carbonyl (C=O) groups excluding carboxylic acids is 1. The molecule has 1 amide bonds. The number of hydrogen-bond donors (Lipinski definition) is 3. The molecular weight excluding hydrogens is 431 g/mol. The van der Waals surface area contributed by atoms with Gasteiger partial charge in [-0.15, -0.1) is 0 Å². The number of non-ortho nitro benzene ring substituents is 1. The third-order valence-electron chi connectivity index (χ3n) is 2.74. The van der Waals surface area contributed by atoms with Crippen molar-refractivity contribution in [3.05, 3.63) is 67.8 Å². The third-order valence-corrected chi connectivity index (χ3v) is 3.89. The predicted molar refractivity (Wildman–Crippen MR) is 99.1 cm³/mol. The van der Waals surface area contributed by atoms with Crippen molar-refractivity contribution in [2.24, 2.45) is 0 Å². The first-order chi connectivity index (χ1) is 11.0. The number of hydrazine groups is 1. The zero-order chi connectivity index (χ0) is 16.8. The number of halogens is 1. The van der Waals surface area contributed by atoms with E-state index in [1.54, 1.807) is 12.1 Å². The Balaban J connectivity index is 1.89. The lowest BCUT2D eigenvalue weighted by Gasteiger charge is -2.12. The Labute approximate surface area is 150 Å². The summed E-state index contributed by atoms with van der Waals surface area (Å²) >= 11 is 7.09. The van der Waals surface area contributed by atoms with Crippen LogP contribution >= 0.6 is 34.8 Å². The van der Waals surface area contributed by atoms with E-state index in [1.807, 2.05) is 12.1 Å². The van der Waals surface area contributed by atoms with Crippen LogP contribution in [-0.2, 0) is 0 Å². The van der Waals surface area contributed by atoms with Gasteiger partial charge in [-0.25, -0.2) is 0 Å². The molecule has 2 aromatic carbocycles. The number of benzene rings is 2. The van der Waals surface area contributed by atoms with Crippen molar-refractivity contribution in [3.8, 4) is 0 Å². The van der Waals surface area contributed by atoms with Crippen LogP contribution in [0.25, 0.3) is 0 Å². The van der Waals surface area contributed by atoms with E-state index < -0.39 is 4.92 Å².